The van der Waals surface area contributed by atoms with Crippen LogP contribution in [0.15, 0.2) is 29.3 Å². The molecule has 0 saturated carbocycles. The third kappa shape index (κ3) is 5.50. The minimum Gasteiger partial charge on any atom is -0.433 e. The van der Waals surface area contributed by atoms with Crippen molar-refractivity contribution in [1.29, 1.82) is 10.8 Å². The number of halogens is 2. The molecule has 0 aliphatic rings. The van der Waals surface area contributed by atoms with Crippen LogP contribution in [0, 0.1) is 16.7 Å². The molecular formula is C15H15F2N3O3. The van der Waals surface area contributed by atoms with Crippen LogP contribution in [0.5, 0.6) is 5.75 Å². The summed E-state index contributed by atoms with van der Waals surface area (Å²) in [7, 11) is 0. The molecule has 23 heavy (non-hydrogen) atoms. The van der Waals surface area contributed by atoms with E-state index in [4.69, 9.17) is 10.8 Å². The number of carbonyl (C=O) groups is 2. The Morgan fingerprint density at radius 1 is 1.35 bits per heavy atom. The minimum atomic E-state index is -3.00. The van der Waals surface area contributed by atoms with E-state index in [2.05, 4.69) is 9.73 Å². The monoisotopic (exact) mass is 323 g/mol. The van der Waals surface area contributed by atoms with Gasteiger partial charge in [0.15, 0.2) is 17.3 Å². The summed E-state index contributed by atoms with van der Waals surface area (Å²) in [5.41, 5.74) is -0.616. The molecule has 0 spiro atoms. The Bertz CT molecular complexity index is 645. The van der Waals surface area contributed by atoms with E-state index in [1.165, 1.54) is 25.1 Å². The molecule has 1 atom stereocenters. The summed E-state index contributed by atoms with van der Waals surface area (Å²) < 4.78 is 28.9. The van der Waals surface area contributed by atoms with Crippen molar-refractivity contribution in [2.45, 2.75) is 20.0 Å². The molecule has 0 radical (unpaired) electrons. The van der Waals surface area contributed by atoms with Crippen molar-refractivity contribution >= 4 is 35.4 Å². The molecule has 0 fully saturated rings. The maximum atomic E-state index is 12.3. The van der Waals surface area contributed by atoms with Gasteiger partial charge in [0.1, 0.15) is 11.4 Å². The van der Waals surface area contributed by atoms with Gasteiger partial charge in [0.25, 0.3) is 0 Å². The fraction of sp³-hybridized carbons (Fsp3) is 0.267. The number of Topliss-reactive ketones (excluding diaryl/α,β-unsaturated/α-hetero) is 2. The van der Waals surface area contributed by atoms with Gasteiger partial charge in [-0.05, 0) is 12.1 Å². The summed E-state index contributed by atoms with van der Waals surface area (Å²) >= 11 is 0. The van der Waals surface area contributed by atoms with Crippen molar-refractivity contribution in [2.75, 3.05) is 0 Å². The van der Waals surface area contributed by atoms with E-state index in [1.807, 2.05) is 0 Å². The van der Waals surface area contributed by atoms with Gasteiger partial charge in [-0.15, -0.1) is 0 Å². The van der Waals surface area contributed by atoms with Gasteiger partial charge in [-0.2, -0.15) is 8.78 Å². The topological polar surface area (TPSA) is 103 Å². The molecule has 0 bridgehead atoms. The fourth-order valence-corrected chi connectivity index (χ4v) is 1.58. The van der Waals surface area contributed by atoms with Crippen molar-refractivity contribution in [2.24, 2.45) is 10.9 Å². The summed E-state index contributed by atoms with van der Waals surface area (Å²) in [6.45, 7) is -1.58. The summed E-state index contributed by atoms with van der Waals surface area (Å²) in [4.78, 5) is 27.2. The molecule has 2 N–H and O–H groups in total. The molecule has 0 saturated heterocycles. The Labute approximate surface area is 131 Å². The SMILES string of the molecule is CC(C=Nc1ccccc1OC(F)F)C(=O)C(=N)C(=O)CC=N. The number of ether oxygens (including phenoxy) is 1. The highest BCUT2D eigenvalue weighted by atomic mass is 19.3. The number of carbonyl (C=O) groups excluding carboxylic acids is 2. The molecule has 1 rings (SSSR count). The van der Waals surface area contributed by atoms with E-state index in [-0.39, 0.29) is 17.9 Å². The summed E-state index contributed by atoms with van der Waals surface area (Å²) in [6, 6.07) is 5.79. The van der Waals surface area contributed by atoms with Crippen LogP contribution in [0.3, 0.4) is 0 Å². The molecule has 0 aliphatic carbocycles. The van der Waals surface area contributed by atoms with Crippen molar-refractivity contribution in [1.82, 2.24) is 0 Å². The number of alkyl halides is 2. The van der Waals surface area contributed by atoms with Gasteiger partial charge in [-0.1, -0.05) is 19.1 Å². The molecule has 1 unspecified atom stereocenters. The molecule has 8 heteroatoms. The zero-order chi connectivity index (χ0) is 17.4. The smallest absolute Gasteiger partial charge is 0.387 e. The number of hydrogen-bond donors (Lipinski definition) is 2. The van der Waals surface area contributed by atoms with Crippen LogP contribution in [0.1, 0.15) is 13.3 Å². The van der Waals surface area contributed by atoms with Crippen molar-refractivity contribution in [3.63, 3.8) is 0 Å². The molecule has 0 aliphatic heterocycles. The Hall–Kier alpha value is -2.77. The number of hydrogen-bond acceptors (Lipinski definition) is 6. The lowest BCUT2D eigenvalue weighted by Gasteiger charge is -2.08. The highest BCUT2D eigenvalue weighted by Gasteiger charge is 2.22. The number of nitrogens with one attached hydrogen (secondary N) is 2. The number of rotatable bonds is 9. The zero-order valence-corrected chi connectivity index (χ0v) is 12.3. The van der Waals surface area contributed by atoms with Crippen LogP contribution < -0.4 is 4.74 Å². The van der Waals surface area contributed by atoms with E-state index in [0.29, 0.717) is 0 Å². The number of benzene rings is 1. The van der Waals surface area contributed by atoms with E-state index in [0.717, 1.165) is 12.4 Å². The molecule has 0 heterocycles. The van der Waals surface area contributed by atoms with E-state index in [9.17, 15) is 18.4 Å². The van der Waals surface area contributed by atoms with Gasteiger partial charge in [0.2, 0.25) is 0 Å². The van der Waals surface area contributed by atoms with E-state index in [1.54, 1.807) is 6.07 Å². The average molecular weight is 323 g/mol. The van der Waals surface area contributed by atoms with Crippen molar-refractivity contribution in [3.8, 4) is 5.75 Å². The van der Waals surface area contributed by atoms with E-state index >= 15 is 0 Å². The van der Waals surface area contributed by atoms with Crippen LogP contribution in [-0.4, -0.2) is 36.3 Å². The first-order chi connectivity index (χ1) is 10.9. The summed E-state index contributed by atoms with van der Waals surface area (Å²) in [5, 5.41) is 14.3. The second-order valence-electron chi connectivity index (χ2n) is 4.48. The van der Waals surface area contributed by atoms with Gasteiger partial charge in [-0.3, -0.25) is 20.0 Å². The van der Waals surface area contributed by atoms with Gasteiger partial charge >= 0.3 is 6.61 Å². The highest BCUT2D eigenvalue weighted by Crippen LogP contribution is 2.28. The predicted molar refractivity (Wildman–Crippen MR) is 81.5 cm³/mol. The Morgan fingerprint density at radius 3 is 2.61 bits per heavy atom. The second-order valence-corrected chi connectivity index (χ2v) is 4.48. The van der Waals surface area contributed by atoms with Crippen LogP contribution in [0.4, 0.5) is 14.5 Å². The minimum absolute atomic E-state index is 0.102. The lowest BCUT2D eigenvalue weighted by atomic mass is 10.00. The van der Waals surface area contributed by atoms with Crippen LogP contribution in [0.25, 0.3) is 0 Å². The maximum Gasteiger partial charge on any atom is 0.387 e. The van der Waals surface area contributed by atoms with Crippen LogP contribution in [0.2, 0.25) is 0 Å². The number of nitrogens with zero attached hydrogens (tertiary/aromatic N) is 1. The van der Waals surface area contributed by atoms with Gasteiger partial charge in [0.05, 0.1) is 5.92 Å². The molecule has 0 amide bonds. The molecule has 6 nitrogen and oxygen atoms in total. The lowest BCUT2D eigenvalue weighted by Crippen LogP contribution is -2.29. The molecule has 0 aromatic heterocycles. The molecular weight excluding hydrogens is 308 g/mol. The quantitative estimate of drug-likeness (QED) is 0.539. The maximum absolute atomic E-state index is 12.3. The average Bonchev–Trinajstić information content (AvgIpc) is 2.52. The second kappa shape index (κ2) is 8.62. The lowest BCUT2D eigenvalue weighted by molar-refractivity contribution is -0.117. The predicted octanol–water partition coefficient (Wildman–Crippen LogP) is 2.82. The fourth-order valence-electron chi connectivity index (χ4n) is 1.58. The summed E-state index contributed by atoms with van der Waals surface area (Å²) in [6.07, 6.45) is 1.64. The first-order valence-corrected chi connectivity index (χ1v) is 6.59. The van der Waals surface area contributed by atoms with Crippen LogP contribution in [-0.2, 0) is 9.59 Å². The molecule has 1 aromatic carbocycles. The number of aliphatic imine (C=N–C) groups is 1. The third-order valence-corrected chi connectivity index (χ3v) is 2.74. The molecule has 1 aromatic rings. The standard InChI is InChI=1S/C15H15F2N3O3/c1-9(14(22)13(19)11(21)6-7-18)8-20-10-4-2-3-5-12(10)23-15(16)17/h2-5,7-9,15,18-19H,6H2,1H3. The number of para-hydroxylation sites is 2. The van der Waals surface area contributed by atoms with Crippen molar-refractivity contribution < 1.29 is 23.1 Å². The number of ketones is 2. The van der Waals surface area contributed by atoms with Crippen LogP contribution >= 0.6 is 0 Å². The molecule has 122 valence electrons. The highest BCUT2D eigenvalue weighted by molar-refractivity contribution is 6.67. The first-order valence-electron chi connectivity index (χ1n) is 6.59. The first kappa shape index (κ1) is 18.3. The Morgan fingerprint density at radius 2 is 2.00 bits per heavy atom. The zero-order valence-electron chi connectivity index (χ0n) is 12.3. The third-order valence-electron chi connectivity index (χ3n) is 2.74. The van der Waals surface area contributed by atoms with E-state index < -0.39 is 29.8 Å². The summed E-state index contributed by atoms with van der Waals surface area (Å²) in [5.74, 6) is -2.55. The van der Waals surface area contributed by atoms with Gasteiger partial charge in [0, 0.05) is 18.9 Å². The largest absolute Gasteiger partial charge is 0.433 e. The Balaban J connectivity index is 2.84. The normalized spacial score (nSPS) is 12.2. The van der Waals surface area contributed by atoms with Gasteiger partial charge < -0.3 is 10.1 Å². The van der Waals surface area contributed by atoms with Gasteiger partial charge in [-0.25, -0.2) is 0 Å². The van der Waals surface area contributed by atoms with Crippen molar-refractivity contribution in [3.05, 3.63) is 24.3 Å². The Kier molecular flexibility index (Phi) is 6.85.